The number of aryl methyl sites for hydroxylation is 2. The normalized spacial score (nSPS) is 21.1. The Labute approximate surface area is 113 Å². The summed E-state index contributed by atoms with van der Waals surface area (Å²) < 4.78 is 5.54. The SMILES string of the molecule is CC(C)=C1C(=O)CC(=O)C1C(C)c1cc(C)oc1C. The fourth-order valence-corrected chi connectivity index (χ4v) is 3.10. The molecule has 3 nitrogen and oxygen atoms in total. The maximum absolute atomic E-state index is 12.1. The largest absolute Gasteiger partial charge is 0.466 e. The van der Waals surface area contributed by atoms with Gasteiger partial charge in [0.05, 0.1) is 12.3 Å². The van der Waals surface area contributed by atoms with Crippen LogP contribution < -0.4 is 0 Å². The van der Waals surface area contributed by atoms with Gasteiger partial charge in [0.25, 0.3) is 0 Å². The van der Waals surface area contributed by atoms with Crippen LogP contribution in [0.2, 0.25) is 0 Å². The summed E-state index contributed by atoms with van der Waals surface area (Å²) in [6.45, 7) is 9.61. The highest BCUT2D eigenvalue weighted by atomic mass is 16.3. The van der Waals surface area contributed by atoms with Crippen LogP contribution in [-0.2, 0) is 9.59 Å². The minimum atomic E-state index is -0.312. The van der Waals surface area contributed by atoms with E-state index >= 15 is 0 Å². The highest BCUT2D eigenvalue weighted by Gasteiger charge is 2.41. The van der Waals surface area contributed by atoms with Gasteiger partial charge in [-0.3, -0.25) is 9.59 Å². The first-order valence-electron chi connectivity index (χ1n) is 6.63. The molecule has 1 saturated carbocycles. The lowest BCUT2D eigenvalue weighted by Gasteiger charge is -2.19. The van der Waals surface area contributed by atoms with Crippen molar-refractivity contribution in [3.8, 4) is 0 Å². The van der Waals surface area contributed by atoms with Gasteiger partial charge in [0.1, 0.15) is 17.3 Å². The van der Waals surface area contributed by atoms with Gasteiger partial charge in [0.2, 0.25) is 0 Å². The molecule has 0 bridgehead atoms. The van der Waals surface area contributed by atoms with Crippen LogP contribution in [0.4, 0.5) is 0 Å². The number of ketones is 2. The highest BCUT2D eigenvalue weighted by Crippen LogP contribution is 2.40. The summed E-state index contributed by atoms with van der Waals surface area (Å²) in [5, 5.41) is 0. The van der Waals surface area contributed by atoms with Crippen molar-refractivity contribution in [2.24, 2.45) is 5.92 Å². The third kappa shape index (κ3) is 2.29. The van der Waals surface area contributed by atoms with Gasteiger partial charge >= 0.3 is 0 Å². The summed E-state index contributed by atoms with van der Waals surface area (Å²) in [5.74, 6) is 1.38. The summed E-state index contributed by atoms with van der Waals surface area (Å²) >= 11 is 0. The van der Waals surface area contributed by atoms with E-state index in [1.165, 1.54) is 0 Å². The fourth-order valence-electron chi connectivity index (χ4n) is 3.10. The highest BCUT2D eigenvalue weighted by molar-refractivity contribution is 6.18. The van der Waals surface area contributed by atoms with E-state index in [1.54, 1.807) is 0 Å². The Hall–Kier alpha value is -1.64. The molecule has 0 N–H and O–H groups in total. The molecule has 2 atom stereocenters. The molecule has 1 aliphatic carbocycles. The summed E-state index contributed by atoms with van der Waals surface area (Å²) in [6, 6.07) is 1.97. The van der Waals surface area contributed by atoms with Crippen molar-refractivity contribution in [2.45, 2.75) is 47.0 Å². The first-order valence-corrected chi connectivity index (χ1v) is 6.63. The van der Waals surface area contributed by atoms with Gasteiger partial charge in [-0.15, -0.1) is 0 Å². The van der Waals surface area contributed by atoms with Crippen LogP contribution in [0.15, 0.2) is 21.6 Å². The number of allylic oxidation sites excluding steroid dienone is 2. The molecule has 0 radical (unpaired) electrons. The van der Waals surface area contributed by atoms with E-state index < -0.39 is 0 Å². The second-order valence-corrected chi connectivity index (χ2v) is 5.61. The Kier molecular flexibility index (Phi) is 3.48. The summed E-state index contributed by atoms with van der Waals surface area (Å²) in [4.78, 5) is 24.1. The van der Waals surface area contributed by atoms with E-state index in [2.05, 4.69) is 0 Å². The molecule has 1 aromatic rings. The predicted octanol–water partition coefficient (Wildman–Crippen LogP) is 3.49. The standard InChI is InChI=1S/C16H20O3/c1-8(2)15-13(17)7-14(18)16(15)10(4)12-6-9(3)19-11(12)5/h6,10,16H,7H2,1-5H3. The molecule has 3 heteroatoms. The number of carbonyl (C=O) groups excluding carboxylic acids is 2. The van der Waals surface area contributed by atoms with Crippen LogP contribution >= 0.6 is 0 Å². The second-order valence-electron chi connectivity index (χ2n) is 5.61. The Bertz CT molecular complexity index is 571. The fraction of sp³-hybridized carbons (Fsp3) is 0.500. The van der Waals surface area contributed by atoms with Gasteiger partial charge in [-0.2, -0.15) is 0 Å². The van der Waals surface area contributed by atoms with Crippen LogP contribution in [0.25, 0.3) is 0 Å². The molecule has 1 heterocycles. The monoisotopic (exact) mass is 260 g/mol. The van der Waals surface area contributed by atoms with Crippen LogP contribution in [0.1, 0.15) is 50.2 Å². The lowest BCUT2D eigenvalue weighted by Crippen LogP contribution is -2.17. The summed E-state index contributed by atoms with van der Waals surface area (Å²) in [6.07, 6.45) is 0.0470. The molecule has 0 aromatic carbocycles. The molecule has 0 saturated heterocycles. The zero-order valence-corrected chi connectivity index (χ0v) is 12.2. The lowest BCUT2D eigenvalue weighted by atomic mass is 9.82. The van der Waals surface area contributed by atoms with Crippen molar-refractivity contribution in [2.75, 3.05) is 0 Å². The molecule has 19 heavy (non-hydrogen) atoms. The van der Waals surface area contributed by atoms with Crippen LogP contribution in [0.5, 0.6) is 0 Å². The van der Waals surface area contributed by atoms with Gasteiger partial charge < -0.3 is 4.42 Å². The Balaban J connectivity index is 2.45. The average molecular weight is 260 g/mol. The topological polar surface area (TPSA) is 47.3 Å². The smallest absolute Gasteiger partial charge is 0.166 e. The van der Waals surface area contributed by atoms with E-state index in [0.29, 0.717) is 5.57 Å². The molecule has 102 valence electrons. The number of hydrogen-bond donors (Lipinski definition) is 0. The maximum Gasteiger partial charge on any atom is 0.166 e. The van der Waals surface area contributed by atoms with Gasteiger partial charge in [0.15, 0.2) is 5.78 Å². The van der Waals surface area contributed by atoms with E-state index in [1.807, 2.05) is 40.7 Å². The summed E-state index contributed by atoms with van der Waals surface area (Å²) in [7, 11) is 0. The van der Waals surface area contributed by atoms with E-state index in [4.69, 9.17) is 4.42 Å². The number of carbonyl (C=O) groups is 2. The van der Waals surface area contributed by atoms with Gasteiger partial charge in [0, 0.05) is 5.57 Å². The second kappa shape index (κ2) is 4.80. The first kappa shape index (κ1) is 13.8. The Morgan fingerprint density at radius 2 is 1.95 bits per heavy atom. The first-order chi connectivity index (χ1) is 8.82. The van der Waals surface area contributed by atoms with Crippen molar-refractivity contribution in [3.05, 3.63) is 34.3 Å². The maximum atomic E-state index is 12.1. The lowest BCUT2D eigenvalue weighted by molar-refractivity contribution is -0.122. The summed E-state index contributed by atoms with van der Waals surface area (Å²) in [5.41, 5.74) is 2.69. The average Bonchev–Trinajstić information content (AvgIpc) is 2.77. The number of furan rings is 1. The molecular formula is C16H20O3. The third-order valence-corrected chi connectivity index (χ3v) is 3.90. The minimum absolute atomic E-state index is 0.0127. The predicted molar refractivity (Wildman–Crippen MR) is 73.1 cm³/mol. The Morgan fingerprint density at radius 3 is 2.42 bits per heavy atom. The molecule has 0 aliphatic heterocycles. The van der Waals surface area contributed by atoms with E-state index in [9.17, 15) is 9.59 Å². The zero-order valence-electron chi connectivity index (χ0n) is 12.2. The van der Waals surface area contributed by atoms with Crippen LogP contribution in [0, 0.1) is 19.8 Å². The van der Waals surface area contributed by atoms with Crippen molar-refractivity contribution >= 4 is 11.6 Å². The molecule has 1 aromatic heterocycles. The van der Waals surface area contributed by atoms with E-state index in [-0.39, 0.29) is 29.8 Å². The molecule has 0 spiro atoms. The molecule has 2 rings (SSSR count). The van der Waals surface area contributed by atoms with Gasteiger partial charge in [-0.05, 0) is 45.2 Å². The van der Waals surface area contributed by atoms with Crippen molar-refractivity contribution in [1.29, 1.82) is 0 Å². The van der Waals surface area contributed by atoms with Crippen molar-refractivity contribution < 1.29 is 14.0 Å². The molecular weight excluding hydrogens is 240 g/mol. The van der Waals surface area contributed by atoms with Crippen LogP contribution in [-0.4, -0.2) is 11.6 Å². The van der Waals surface area contributed by atoms with Gasteiger partial charge in [-0.1, -0.05) is 12.5 Å². The molecule has 1 fully saturated rings. The zero-order chi connectivity index (χ0) is 14.3. The number of Topliss-reactive ketones (excluding diaryl/α,β-unsaturated/α-hetero) is 2. The molecule has 2 unspecified atom stereocenters. The number of hydrogen-bond acceptors (Lipinski definition) is 3. The third-order valence-electron chi connectivity index (χ3n) is 3.90. The van der Waals surface area contributed by atoms with Crippen molar-refractivity contribution in [1.82, 2.24) is 0 Å². The van der Waals surface area contributed by atoms with Crippen LogP contribution in [0.3, 0.4) is 0 Å². The van der Waals surface area contributed by atoms with E-state index in [0.717, 1.165) is 22.7 Å². The van der Waals surface area contributed by atoms with Crippen molar-refractivity contribution in [3.63, 3.8) is 0 Å². The molecule has 0 amide bonds. The number of rotatable bonds is 2. The molecule has 1 aliphatic rings. The Morgan fingerprint density at radius 1 is 1.32 bits per heavy atom. The minimum Gasteiger partial charge on any atom is -0.466 e. The quantitative estimate of drug-likeness (QED) is 0.604. The van der Waals surface area contributed by atoms with Gasteiger partial charge in [-0.25, -0.2) is 0 Å².